The van der Waals surface area contributed by atoms with Crippen LogP contribution in [-0.2, 0) is 4.79 Å². The first-order chi connectivity index (χ1) is 14.4. The van der Waals surface area contributed by atoms with Crippen LogP contribution < -0.4 is 0 Å². The Bertz CT molecular complexity index is 965. The molecule has 2 aromatic carbocycles. The maximum Gasteiger partial charge on any atom is 0.257 e. The summed E-state index contributed by atoms with van der Waals surface area (Å²) in [7, 11) is 2.10. The van der Waals surface area contributed by atoms with Gasteiger partial charge in [0.2, 0.25) is 0 Å². The molecule has 0 N–H and O–H groups in total. The normalized spacial score (nSPS) is 20.5. The number of hydrazone groups is 1. The molecule has 2 heterocycles. The molecule has 0 saturated carbocycles. The molecule has 0 radical (unpaired) electrons. The Hall–Kier alpha value is -2.57. The fourth-order valence-corrected chi connectivity index (χ4v) is 4.19. The quantitative estimate of drug-likeness (QED) is 0.779. The number of hydrogen-bond donors (Lipinski definition) is 0. The standard InChI is InChI=1S/C24H29FN4O/c1-17-7-8-18(2)21(13-17)22-15-23(19-5-4-6-20(25)14-19)29(26-22)24(30)16-28-11-9-27(3)10-12-28/h4-8,13-14,23H,9-12,15-16H2,1-3H3/t23-/m0/s1. The summed E-state index contributed by atoms with van der Waals surface area (Å²) in [6.45, 7) is 8.10. The summed E-state index contributed by atoms with van der Waals surface area (Å²) < 4.78 is 13.9. The van der Waals surface area contributed by atoms with Crippen molar-refractivity contribution >= 4 is 11.6 Å². The lowest BCUT2D eigenvalue weighted by Crippen LogP contribution is -2.48. The van der Waals surface area contributed by atoms with Crippen LogP contribution in [-0.4, -0.2) is 66.2 Å². The molecular weight excluding hydrogens is 379 g/mol. The number of aryl methyl sites for hydroxylation is 2. The van der Waals surface area contributed by atoms with Gasteiger partial charge in [-0.1, -0.05) is 29.8 Å². The van der Waals surface area contributed by atoms with Gasteiger partial charge in [0, 0.05) is 38.2 Å². The van der Waals surface area contributed by atoms with Crippen molar-refractivity contribution in [1.29, 1.82) is 0 Å². The Morgan fingerprint density at radius 3 is 2.60 bits per heavy atom. The first-order valence-corrected chi connectivity index (χ1v) is 10.5. The average Bonchev–Trinajstić information content (AvgIpc) is 3.17. The summed E-state index contributed by atoms with van der Waals surface area (Å²) in [5.41, 5.74) is 5.02. The molecule has 1 fully saturated rings. The van der Waals surface area contributed by atoms with E-state index in [1.807, 2.05) is 6.07 Å². The highest BCUT2D eigenvalue weighted by Gasteiger charge is 2.34. The molecule has 0 aromatic heterocycles. The number of benzene rings is 2. The number of carbonyl (C=O) groups excluding carboxylic acids is 1. The third kappa shape index (κ3) is 4.45. The Morgan fingerprint density at radius 1 is 1.10 bits per heavy atom. The zero-order chi connectivity index (χ0) is 21.3. The van der Waals surface area contributed by atoms with Crippen molar-refractivity contribution in [3.8, 4) is 0 Å². The number of piperazine rings is 1. The number of likely N-dealkylation sites (N-methyl/N-ethyl adjacent to an activating group) is 1. The maximum atomic E-state index is 13.9. The van der Waals surface area contributed by atoms with Crippen molar-refractivity contribution in [2.75, 3.05) is 39.8 Å². The number of hydrogen-bond acceptors (Lipinski definition) is 4. The molecule has 4 rings (SSSR count). The summed E-state index contributed by atoms with van der Waals surface area (Å²) in [4.78, 5) is 17.7. The van der Waals surface area contributed by atoms with Gasteiger partial charge in [0.1, 0.15) is 5.82 Å². The van der Waals surface area contributed by atoms with Gasteiger partial charge >= 0.3 is 0 Å². The van der Waals surface area contributed by atoms with Crippen LogP contribution >= 0.6 is 0 Å². The van der Waals surface area contributed by atoms with Gasteiger partial charge in [-0.3, -0.25) is 9.69 Å². The zero-order valence-corrected chi connectivity index (χ0v) is 17.9. The van der Waals surface area contributed by atoms with E-state index in [9.17, 15) is 9.18 Å². The van der Waals surface area contributed by atoms with E-state index < -0.39 is 0 Å². The van der Waals surface area contributed by atoms with Crippen LogP contribution in [0.4, 0.5) is 4.39 Å². The van der Waals surface area contributed by atoms with Crippen molar-refractivity contribution in [3.05, 3.63) is 70.5 Å². The molecule has 5 nitrogen and oxygen atoms in total. The molecular formula is C24H29FN4O. The lowest BCUT2D eigenvalue weighted by Gasteiger charge is -2.33. The molecule has 2 aromatic rings. The summed E-state index contributed by atoms with van der Waals surface area (Å²) in [5.74, 6) is -0.326. The van der Waals surface area contributed by atoms with Gasteiger partial charge in [-0.2, -0.15) is 5.10 Å². The second-order valence-electron chi connectivity index (χ2n) is 8.46. The fourth-order valence-electron chi connectivity index (χ4n) is 4.19. The number of nitrogens with zero attached hydrogens (tertiary/aromatic N) is 4. The predicted octanol–water partition coefficient (Wildman–Crippen LogP) is 3.37. The predicted molar refractivity (Wildman–Crippen MR) is 117 cm³/mol. The summed E-state index contributed by atoms with van der Waals surface area (Å²) in [6, 6.07) is 12.5. The first-order valence-electron chi connectivity index (χ1n) is 10.5. The lowest BCUT2D eigenvalue weighted by atomic mass is 9.95. The van der Waals surface area contributed by atoms with Crippen LogP contribution in [0.5, 0.6) is 0 Å². The second kappa shape index (κ2) is 8.66. The minimum Gasteiger partial charge on any atom is -0.304 e. The van der Waals surface area contributed by atoms with Crippen LogP contribution in [0.1, 0.15) is 34.7 Å². The van der Waals surface area contributed by atoms with Gasteiger partial charge < -0.3 is 4.90 Å². The topological polar surface area (TPSA) is 39.2 Å². The van der Waals surface area contributed by atoms with E-state index >= 15 is 0 Å². The molecule has 1 saturated heterocycles. The molecule has 1 amide bonds. The smallest absolute Gasteiger partial charge is 0.257 e. The monoisotopic (exact) mass is 408 g/mol. The molecule has 2 aliphatic rings. The summed E-state index contributed by atoms with van der Waals surface area (Å²) in [6.07, 6.45) is 0.586. The van der Waals surface area contributed by atoms with Gasteiger partial charge in [-0.15, -0.1) is 0 Å². The largest absolute Gasteiger partial charge is 0.304 e. The van der Waals surface area contributed by atoms with Crippen LogP contribution in [0.15, 0.2) is 47.6 Å². The third-order valence-electron chi connectivity index (χ3n) is 6.06. The number of rotatable bonds is 4. The average molecular weight is 409 g/mol. The number of carbonyl (C=O) groups is 1. The van der Waals surface area contributed by atoms with Gasteiger partial charge in [0.15, 0.2) is 0 Å². The minimum atomic E-state index is -0.292. The zero-order valence-electron chi connectivity index (χ0n) is 17.9. The molecule has 6 heteroatoms. The van der Waals surface area contributed by atoms with Crippen molar-refractivity contribution in [3.63, 3.8) is 0 Å². The van der Waals surface area contributed by atoms with Gasteiger partial charge in [-0.25, -0.2) is 9.40 Å². The van der Waals surface area contributed by atoms with Gasteiger partial charge in [0.05, 0.1) is 18.3 Å². The number of amides is 1. The highest BCUT2D eigenvalue weighted by molar-refractivity contribution is 6.04. The molecule has 158 valence electrons. The first kappa shape index (κ1) is 20.7. The van der Waals surface area contributed by atoms with E-state index in [2.05, 4.69) is 48.9 Å². The van der Waals surface area contributed by atoms with E-state index in [4.69, 9.17) is 5.10 Å². The van der Waals surface area contributed by atoms with Gasteiger partial charge in [-0.05, 0) is 50.2 Å². The van der Waals surface area contributed by atoms with E-state index in [0.717, 1.165) is 54.1 Å². The number of halogens is 1. The fraction of sp³-hybridized carbons (Fsp3) is 0.417. The van der Waals surface area contributed by atoms with Crippen LogP contribution in [0.25, 0.3) is 0 Å². The Kier molecular flexibility index (Phi) is 5.97. The van der Waals surface area contributed by atoms with E-state index in [1.165, 1.54) is 12.1 Å². The minimum absolute atomic E-state index is 0.0332. The Morgan fingerprint density at radius 2 is 1.87 bits per heavy atom. The summed E-state index contributed by atoms with van der Waals surface area (Å²) in [5, 5.41) is 6.36. The third-order valence-corrected chi connectivity index (χ3v) is 6.06. The SMILES string of the molecule is Cc1ccc(C)c(C2=NN(C(=O)CN3CCN(C)CC3)[C@H](c3cccc(F)c3)C2)c1. The molecule has 0 bridgehead atoms. The van der Waals surface area contributed by atoms with Gasteiger partial charge in [0.25, 0.3) is 5.91 Å². The van der Waals surface area contributed by atoms with Crippen molar-refractivity contribution in [1.82, 2.24) is 14.8 Å². The second-order valence-corrected chi connectivity index (χ2v) is 8.46. The van der Waals surface area contributed by atoms with E-state index in [-0.39, 0.29) is 17.8 Å². The van der Waals surface area contributed by atoms with Crippen LogP contribution in [0, 0.1) is 19.7 Å². The van der Waals surface area contributed by atoms with E-state index in [0.29, 0.717) is 13.0 Å². The molecule has 0 spiro atoms. The Labute approximate surface area is 177 Å². The van der Waals surface area contributed by atoms with Crippen molar-refractivity contribution < 1.29 is 9.18 Å². The van der Waals surface area contributed by atoms with Crippen LogP contribution in [0.3, 0.4) is 0 Å². The molecule has 1 atom stereocenters. The molecule has 30 heavy (non-hydrogen) atoms. The molecule has 0 aliphatic carbocycles. The Balaban J connectivity index is 1.62. The van der Waals surface area contributed by atoms with Crippen molar-refractivity contribution in [2.45, 2.75) is 26.3 Å². The van der Waals surface area contributed by atoms with Crippen LogP contribution in [0.2, 0.25) is 0 Å². The lowest BCUT2D eigenvalue weighted by molar-refractivity contribution is -0.134. The molecule has 2 aliphatic heterocycles. The van der Waals surface area contributed by atoms with Crippen molar-refractivity contribution in [2.24, 2.45) is 5.10 Å². The van der Waals surface area contributed by atoms with E-state index in [1.54, 1.807) is 11.1 Å². The maximum absolute atomic E-state index is 13.9. The highest BCUT2D eigenvalue weighted by atomic mass is 19.1. The molecule has 0 unspecified atom stereocenters. The highest BCUT2D eigenvalue weighted by Crippen LogP contribution is 2.34. The summed E-state index contributed by atoms with van der Waals surface area (Å²) >= 11 is 0.